The molecule has 0 radical (unpaired) electrons. The number of hydrogen-bond donors (Lipinski definition) is 2. The number of nitrogens with zero attached hydrogens (tertiary/aromatic N) is 1. The van der Waals surface area contributed by atoms with Crippen LogP contribution in [0.25, 0.3) is 0 Å². The lowest BCUT2D eigenvalue weighted by Gasteiger charge is -2.11. The first-order valence-corrected chi connectivity index (χ1v) is 9.61. The number of carbonyl (C=O) groups excluding carboxylic acids is 1. The van der Waals surface area contributed by atoms with Crippen molar-refractivity contribution in [3.05, 3.63) is 77.9 Å². The van der Waals surface area contributed by atoms with Crippen molar-refractivity contribution in [2.24, 2.45) is 0 Å². The van der Waals surface area contributed by atoms with E-state index in [0.29, 0.717) is 35.1 Å². The molecule has 0 unspecified atom stereocenters. The van der Waals surface area contributed by atoms with Crippen LogP contribution in [0.15, 0.2) is 66.7 Å². The summed E-state index contributed by atoms with van der Waals surface area (Å²) >= 11 is 0. The molecule has 3 rings (SSSR count). The minimum Gasteiger partial charge on any atom is -0.493 e. The molecule has 3 aromatic rings. The van der Waals surface area contributed by atoms with Crippen molar-refractivity contribution >= 4 is 11.6 Å². The van der Waals surface area contributed by atoms with Crippen molar-refractivity contribution in [1.29, 1.82) is 5.26 Å². The fourth-order valence-corrected chi connectivity index (χ4v) is 2.81. The normalized spacial score (nSPS) is 9.97. The van der Waals surface area contributed by atoms with Crippen LogP contribution >= 0.6 is 0 Å². The Morgan fingerprint density at radius 1 is 0.903 bits per heavy atom. The van der Waals surface area contributed by atoms with Crippen LogP contribution in [0.2, 0.25) is 0 Å². The number of ether oxygens (including phenoxy) is 3. The Bertz CT molecular complexity index is 1060. The molecule has 158 valence electrons. The number of benzene rings is 3. The van der Waals surface area contributed by atoms with E-state index in [1.807, 2.05) is 36.4 Å². The summed E-state index contributed by atoms with van der Waals surface area (Å²) in [5.74, 6) is 2.44. The topological polar surface area (TPSA) is 92.6 Å². The molecule has 0 heterocycles. The van der Waals surface area contributed by atoms with Gasteiger partial charge in [-0.3, -0.25) is 4.79 Å². The van der Waals surface area contributed by atoms with Crippen LogP contribution < -0.4 is 24.8 Å². The van der Waals surface area contributed by atoms with E-state index in [1.165, 1.54) is 0 Å². The van der Waals surface area contributed by atoms with Gasteiger partial charge in [0, 0.05) is 12.2 Å². The number of anilines is 1. The zero-order chi connectivity index (χ0) is 22.1. The number of nitrogens with one attached hydrogen (secondary N) is 2. The molecule has 0 aliphatic carbocycles. The fourth-order valence-electron chi connectivity index (χ4n) is 2.81. The predicted molar refractivity (Wildman–Crippen MR) is 118 cm³/mol. The van der Waals surface area contributed by atoms with E-state index >= 15 is 0 Å². The van der Waals surface area contributed by atoms with Gasteiger partial charge >= 0.3 is 0 Å². The molecule has 0 saturated carbocycles. The zero-order valence-corrected chi connectivity index (χ0v) is 17.3. The van der Waals surface area contributed by atoms with Crippen molar-refractivity contribution in [2.75, 3.05) is 26.1 Å². The Kier molecular flexibility index (Phi) is 7.33. The molecule has 0 aliphatic rings. The number of hydrogen-bond acceptors (Lipinski definition) is 6. The summed E-state index contributed by atoms with van der Waals surface area (Å²) in [7, 11) is 3.15. The highest BCUT2D eigenvalue weighted by Crippen LogP contribution is 2.27. The number of methoxy groups -OCH3 is 2. The van der Waals surface area contributed by atoms with E-state index in [1.54, 1.807) is 44.6 Å². The van der Waals surface area contributed by atoms with E-state index in [0.717, 1.165) is 11.3 Å². The van der Waals surface area contributed by atoms with Gasteiger partial charge in [0.15, 0.2) is 11.5 Å². The summed E-state index contributed by atoms with van der Waals surface area (Å²) < 4.78 is 16.2. The van der Waals surface area contributed by atoms with E-state index in [2.05, 4.69) is 16.7 Å². The summed E-state index contributed by atoms with van der Waals surface area (Å²) in [6.45, 7) is 0.529. The fraction of sp³-hybridized carbons (Fsp3) is 0.167. The molecule has 3 aromatic carbocycles. The van der Waals surface area contributed by atoms with E-state index in [4.69, 9.17) is 19.5 Å². The average molecular weight is 417 g/mol. The minimum absolute atomic E-state index is 0.132. The summed E-state index contributed by atoms with van der Waals surface area (Å²) in [4.78, 5) is 12.2. The lowest BCUT2D eigenvalue weighted by molar-refractivity contribution is -0.119. The Morgan fingerprint density at radius 2 is 1.55 bits per heavy atom. The van der Waals surface area contributed by atoms with Crippen LogP contribution in [0.5, 0.6) is 23.0 Å². The van der Waals surface area contributed by atoms with E-state index in [-0.39, 0.29) is 12.5 Å². The number of nitriles is 1. The lowest BCUT2D eigenvalue weighted by atomic mass is 10.2. The van der Waals surface area contributed by atoms with Crippen molar-refractivity contribution in [2.45, 2.75) is 6.54 Å². The quantitative estimate of drug-likeness (QED) is 0.545. The van der Waals surface area contributed by atoms with Crippen molar-refractivity contribution < 1.29 is 19.0 Å². The second-order valence-electron chi connectivity index (χ2n) is 6.58. The summed E-state index contributed by atoms with van der Waals surface area (Å²) in [6.07, 6.45) is 0. The highest BCUT2D eigenvalue weighted by atomic mass is 16.5. The van der Waals surface area contributed by atoms with Gasteiger partial charge < -0.3 is 24.8 Å². The van der Waals surface area contributed by atoms with Crippen LogP contribution in [0.4, 0.5) is 5.69 Å². The molecule has 0 fully saturated rings. The molecule has 0 atom stereocenters. The zero-order valence-electron chi connectivity index (χ0n) is 17.3. The van der Waals surface area contributed by atoms with E-state index < -0.39 is 0 Å². The molecule has 7 nitrogen and oxygen atoms in total. The van der Waals surface area contributed by atoms with Crippen LogP contribution in [-0.4, -0.2) is 26.7 Å². The number of amides is 1. The minimum atomic E-state index is -0.132. The van der Waals surface area contributed by atoms with Crippen LogP contribution in [-0.2, 0) is 11.3 Å². The Balaban J connectivity index is 1.46. The monoisotopic (exact) mass is 417 g/mol. The van der Waals surface area contributed by atoms with Gasteiger partial charge in [-0.2, -0.15) is 5.26 Å². The standard InChI is InChI=1S/C24H23N3O4/c1-29-22-12-5-18(13-23(22)30-2)15-27-24(28)16-26-19-6-10-21(11-7-19)31-20-8-3-17(14-25)4-9-20/h3-13,26H,15-16H2,1-2H3,(H,27,28). The van der Waals surface area contributed by atoms with Crippen LogP contribution in [0.3, 0.4) is 0 Å². The first kappa shape index (κ1) is 21.5. The molecule has 2 N–H and O–H groups in total. The van der Waals surface area contributed by atoms with Crippen molar-refractivity contribution in [3.8, 4) is 29.1 Å². The highest BCUT2D eigenvalue weighted by molar-refractivity contribution is 5.80. The maximum absolute atomic E-state index is 12.2. The summed E-state index contributed by atoms with van der Waals surface area (Å²) in [5.41, 5.74) is 2.29. The SMILES string of the molecule is COc1ccc(CNC(=O)CNc2ccc(Oc3ccc(C#N)cc3)cc2)cc1OC. The number of rotatable bonds is 9. The third kappa shape index (κ3) is 6.15. The van der Waals surface area contributed by atoms with Gasteiger partial charge in [-0.05, 0) is 66.2 Å². The molecular weight excluding hydrogens is 394 g/mol. The summed E-state index contributed by atoms with van der Waals surface area (Å²) in [6, 6.07) is 21.8. The smallest absolute Gasteiger partial charge is 0.239 e. The molecule has 1 amide bonds. The second-order valence-corrected chi connectivity index (χ2v) is 6.58. The van der Waals surface area contributed by atoms with Gasteiger partial charge in [0.25, 0.3) is 0 Å². The van der Waals surface area contributed by atoms with Gasteiger partial charge in [-0.25, -0.2) is 0 Å². The molecule has 0 aliphatic heterocycles. The van der Waals surface area contributed by atoms with Crippen molar-refractivity contribution in [1.82, 2.24) is 5.32 Å². The highest BCUT2D eigenvalue weighted by Gasteiger charge is 2.06. The molecule has 0 aromatic heterocycles. The van der Waals surface area contributed by atoms with Gasteiger partial charge in [0.05, 0.1) is 32.4 Å². The van der Waals surface area contributed by atoms with Crippen LogP contribution in [0, 0.1) is 11.3 Å². The Hall–Kier alpha value is -4.18. The first-order valence-electron chi connectivity index (χ1n) is 9.61. The largest absolute Gasteiger partial charge is 0.493 e. The Labute approximate surface area is 181 Å². The maximum Gasteiger partial charge on any atom is 0.239 e. The van der Waals surface area contributed by atoms with Gasteiger partial charge in [0.2, 0.25) is 5.91 Å². The molecular formula is C24H23N3O4. The van der Waals surface area contributed by atoms with Crippen LogP contribution in [0.1, 0.15) is 11.1 Å². The third-order valence-electron chi connectivity index (χ3n) is 4.46. The van der Waals surface area contributed by atoms with E-state index in [9.17, 15) is 4.79 Å². The molecule has 0 saturated heterocycles. The molecule has 0 bridgehead atoms. The molecule has 0 spiro atoms. The average Bonchev–Trinajstić information content (AvgIpc) is 2.82. The van der Waals surface area contributed by atoms with Crippen molar-refractivity contribution in [3.63, 3.8) is 0 Å². The third-order valence-corrected chi connectivity index (χ3v) is 4.46. The lowest BCUT2D eigenvalue weighted by Crippen LogP contribution is -2.29. The van der Waals surface area contributed by atoms with Gasteiger partial charge in [-0.1, -0.05) is 6.07 Å². The second kappa shape index (κ2) is 10.6. The molecule has 7 heteroatoms. The van der Waals surface area contributed by atoms with Gasteiger partial charge in [0.1, 0.15) is 11.5 Å². The predicted octanol–water partition coefficient (Wildman–Crippen LogP) is 4.10. The number of carbonyl (C=O) groups is 1. The maximum atomic E-state index is 12.2. The van der Waals surface area contributed by atoms with Gasteiger partial charge in [-0.15, -0.1) is 0 Å². The summed E-state index contributed by atoms with van der Waals surface area (Å²) in [5, 5.41) is 14.8. The Morgan fingerprint density at radius 3 is 2.16 bits per heavy atom. The first-order chi connectivity index (χ1) is 15.1. The molecule has 31 heavy (non-hydrogen) atoms.